The van der Waals surface area contributed by atoms with Crippen molar-refractivity contribution in [2.75, 3.05) is 40.0 Å². The van der Waals surface area contributed by atoms with Gasteiger partial charge in [0.2, 0.25) is 5.91 Å². The molecule has 3 amide bonds. The van der Waals surface area contributed by atoms with Crippen molar-refractivity contribution in [3.63, 3.8) is 0 Å². The van der Waals surface area contributed by atoms with Crippen molar-refractivity contribution >= 4 is 17.7 Å². The van der Waals surface area contributed by atoms with E-state index in [4.69, 9.17) is 9.47 Å². The summed E-state index contributed by atoms with van der Waals surface area (Å²) >= 11 is 0. The number of methoxy groups -OCH3 is 1. The van der Waals surface area contributed by atoms with Gasteiger partial charge in [-0.1, -0.05) is 17.7 Å². The predicted molar refractivity (Wildman–Crippen MR) is 126 cm³/mol. The number of nitrogens with one attached hydrogen (secondary N) is 1. The third kappa shape index (κ3) is 5.21. The summed E-state index contributed by atoms with van der Waals surface area (Å²) in [6.45, 7) is 3.34. The molecule has 1 atom stereocenters. The van der Waals surface area contributed by atoms with Crippen molar-refractivity contribution in [1.82, 2.24) is 15.1 Å². The zero-order chi connectivity index (χ0) is 25.0. The normalized spacial score (nSPS) is 19.1. The molecule has 4 rings (SSSR count). The van der Waals surface area contributed by atoms with Gasteiger partial charge in [-0.05, 0) is 43.3 Å². The van der Waals surface area contributed by atoms with E-state index in [1.54, 1.807) is 29.0 Å². The quantitative estimate of drug-likeness (QED) is 0.638. The van der Waals surface area contributed by atoms with Crippen molar-refractivity contribution in [2.45, 2.75) is 31.5 Å². The van der Waals surface area contributed by atoms with Crippen molar-refractivity contribution in [2.24, 2.45) is 0 Å². The zero-order valence-electron chi connectivity index (χ0n) is 20.0. The van der Waals surface area contributed by atoms with Crippen LogP contribution in [-0.2, 0) is 14.3 Å². The topological polar surface area (TPSA) is 88.2 Å². The first-order chi connectivity index (χ1) is 16.8. The largest absolute Gasteiger partial charge is 0.383 e. The SMILES string of the molecule is COCCNC(=O)C1COC2(CCN(C(=O)c3ccc(F)cc3)CC2)N1C(=O)c1cccc(C)c1. The smallest absolute Gasteiger partial charge is 0.256 e. The molecule has 8 nitrogen and oxygen atoms in total. The maximum atomic E-state index is 13.7. The highest BCUT2D eigenvalue weighted by atomic mass is 19.1. The summed E-state index contributed by atoms with van der Waals surface area (Å²) in [7, 11) is 1.55. The Kier molecular flexibility index (Phi) is 7.47. The fourth-order valence-electron chi connectivity index (χ4n) is 4.71. The van der Waals surface area contributed by atoms with Crippen LogP contribution >= 0.6 is 0 Å². The van der Waals surface area contributed by atoms with Crippen molar-refractivity contribution in [3.05, 3.63) is 71.0 Å². The minimum absolute atomic E-state index is 0.0717. The van der Waals surface area contributed by atoms with Crippen LogP contribution in [0.5, 0.6) is 0 Å². The second kappa shape index (κ2) is 10.5. The Morgan fingerprint density at radius 2 is 1.80 bits per heavy atom. The summed E-state index contributed by atoms with van der Waals surface area (Å²) < 4.78 is 24.5. The molecule has 2 fully saturated rings. The summed E-state index contributed by atoms with van der Waals surface area (Å²) in [5.41, 5.74) is 0.821. The first-order valence-electron chi connectivity index (χ1n) is 11.7. The van der Waals surface area contributed by atoms with Gasteiger partial charge in [0.1, 0.15) is 17.6 Å². The minimum Gasteiger partial charge on any atom is -0.383 e. The summed E-state index contributed by atoms with van der Waals surface area (Å²) in [6, 6.07) is 11.9. The molecule has 2 saturated heterocycles. The maximum Gasteiger partial charge on any atom is 0.256 e. The van der Waals surface area contributed by atoms with E-state index in [2.05, 4.69) is 5.32 Å². The maximum absolute atomic E-state index is 13.7. The number of hydrogen-bond donors (Lipinski definition) is 1. The second-order valence-electron chi connectivity index (χ2n) is 8.90. The number of ether oxygens (including phenoxy) is 2. The van der Waals surface area contributed by atoms with Crippen LogP contribution < -0.4 is 5.32 Å². The third-order valence-electron chi connectivity index (χ3n) is 6.58. The van der Waals surface area contributed by atoms with Crippen LogP contribution in [-0.4, -0.2) is 79.2 Å². The molecule has 35 heavy (non-hydrogen) atoms. The summed E-state index contributed by atoms with van der Waals surface area (Å²) in [4.78, 5) is 42.9. The fraction of sp³-hybridized carbons (Fsp3) is 0.423. The van der Waals surface area contributed by atoms with E-state index in [-0.39, 0.29) is 24.3 Å². The number of piperidine rings is 1. The number of amides is 3. The van der Waals surface area contributed by atoms with Crippen LogP contribution in [0.3, 0.4) is 0 Å². The Bertz CT molecular complexity index is 1080. The van der Waals surface area contributed by atoms with E-state index in [1.165, 1.54) is 24.3 Å². The Labute approximate surface area is 204 Å². The van der Waals surface area contributed by atoms with Gasteiger partial charge in [0.25, 0.3) is 11.8 Å². The molecule has 2 heterocycles. The Hall–Kier alpha value is -3.30. The molecule has 0 aromatic heterocycles. The molecule has 2 aromatic carbocycles. The van der Waals surface area contributed by atoms with Crippen LogP contribution in [0.15, 0.2) is 48.5 Å². The van der Waals surface area contributed by atoms with Gasteiger partial charge < -0.3 is 19.7 Å². The summed E-state index contributed by atoms with van der Waals surface area (Å²) in [5, 5.41) is 2.82. The summed E-state index contributed by atoms with van der Waals surface area (Å²) in [5.74, 6) is -1.19. The summed E-state index contributed by atoms with van der Waals surface area (Å²) in [6.07, 6.45) is 0.721. The molecule has 2 aliphatic rings. The standard InChI is InChI=1S/C26H30FN3O5/c1-18-4-3-5-20(16-18)25(33)30-22(23(31)28-12-15-34-2)17-35-26(30)10-13-29(14-11-26)24(32)19-6-8-21(27)9-7-19/h3-9,16,22H,10-15,17H2,1-2H3,(H,28,31). The van der Waals surface area contributed by atoms with Gasteiger partial charge >= 0.3 is 0 Å². The number of hydrogen-bond acceptors (Lipinski definition) is 5. The van der Waals surface area contributed by atoms with Crippen LogP contribution in [0.2, 0.25) is 0 Å². The molecule has 1 unspecified atom stereocenters. The Balaban J connectivity index is 1.55. The molecule has 9 heteroatoms. The van der Waals surface area contributed by atoms with Gasteiger partial charge in [-0.2, -0.15) is 0 Å². The first-order valence-corrected chi connectivity index (χ1v) is 11.7. The fourth-order valence-corrected chi connectivity index (χ4v) is 4.71. The number of nitrogens with zero attached hydrogens (tertiary/aromatic N) is 2. The van der Waals surface area contributed by atoms with Crippen molar-refractivity contribution < 1.29 is 28.2 Å². The van der Waals surface area contributed by atoms with Crippen LogP contribution in [0.4, 0.5) is 4.39 Å². The van der Waals surface area contributed by atoms with E-state index < -0.39 is 17.6 Å². The molecular weight excluding hydrogens is 453 g/mol. The van der Waals surface area contributed by atoms with E-state index in [0.29, 0.717) is 50.2 Å². The third-order valence-corrected chi connectivity index (χ3v) is 6.58. The lowest BCUT2D eigenvalue weighted by atomic mass is 9.96. The van der Waals surface area contributed by atoms with Gasteiger partial charge in [0, 0.05) is 50.7 Å². The molecule has 0 saturated carbocycles. The average Bonchev–Trinajstić information content (AvgIpc) is 3.22. The number of likely N-dealkylation sites (tertiary alicyclic amines) is 1. The monoisotopic (exact) mass is 483 g/mol. The predicted octanol–water partition coefficient (Wildman–Crippen LogP) is 2.37. The highest BCUT2D eigenvalue weighted by Crippen LogP contribution is 2.39. The highest BCUT2D eigenvalue weighted by Gasteiger charge is 2.54. The molecule has 0 bridgehead atoms. The number of benzene rings is 2. The molecule has 0 aliphatic carbocycles. The van der Waals surface area contributed by atoms with Crippen molar-refractivity contribution in [3.8, 4) is 0 Å². The average molecular weight is 484 g/mol. The van der Waals surface area contributed by atoms with Gasteiger partial charge in [0.05, 0.1) is 13.2 Å². The minimum atomic E-state index is -0.996. The van der Waals surface area contributed by atoms with E-state index in [0.717, 1.165) is 5.56 Å². The van der Waals surface area contributed by atoms with Crippen LogP contribution in [0.25, 0.3) is 0 Å². The van der Waals surface area contributed by atoms with Crippen molar-refractivity contribution in [1.29, 1.82) is 0 Å². The molecule has 186 valence electrons. The van der Waals surface area contributed by atoms with E-state index >= 15 is 0 Å². The zero-order valence-corrected chi connectivity index (χ0v) is 20.0. The number of carbonyl (C=O) groups is 3. The van der Waals surface area contributed by atoms with E-state index in [1.807, 2.05) is 19.1 Å². The molecule has 0 radical (unpaired) electrons. The molecule has 2 aliphatic heterocycles. The van der Waals surface area contributed by atoms with Crippen LogP contribution in [0, 0.1) is 12.7 Å². The van der Waals surface area contributed by atoms with Crippen LogP contribution in [0.1, 0.15) is 39.1 Å². The molecule has 1 spiro atoms. The lowest BCUT2D eigenvalue weighted by Gasteiger charge is -2.44. The molecule has 1 N–H and O–H groups in total. The number of carbonyl (C=O) groups excluding carboxylic acids is 3. The Morgan fingerprint density at radius 3 is 2.46 bits per heavy atom. The van der Waals surface area contributed by atoms with E-state index in [9.17, 15) is 18.8 Å². The number of halogens is 1. The lowest BCUT2D eigenvalue weighted by molar-refractivity contribution is -0.128. The Morgan fingerprint density at radius 1 is 1.09 bits per heavy atom. The number of aryl methyl sites for hydroxylation is 1. The molecular formula is C26H30FN3O5. The highest BCUT2D eigenvalue weighted by molar-refractivity contribution is 5.99. The van der Waals surface area contributed by atoms with Gasteiger partial charge in [0.15, 0.2) is 0 Å². The van der Waals surface area contributed by atoms with Gasteiger partial charge in [-0.3, -0.25) is 19.3 Å². The van der Waals surface area contributed by atoms with Gasteiger partial charge in [-0.15, -0.1) is 0 Å². The number of rotatable bonds is 6. The first kappa shape index (κ1) is 24.8. The van der Waals surface area contributed by atoms with Gasteiger partial charge in [-0.25, -0.2) is 4.39 Å². The molecule has 2 aromatic rings. The second-order valence-corrected chi connectivity index (χ2v) is 8.90. The lowest BCUT2D eigenvalue weighted by Crippen LogP contribution is -2.60.